The van der Waals surface area contributed by atoms with Gasteiger partial charge in [-0.05, 0) is 6.42 Å². The van der Waals surface area contributed by atoms with Crippen LogP contribution in [0.15, 0.2) is 0 Å². The Hall–Kier alpha value is -0.520. The van der Waals surface area contributed by atoms with Gasteiger partial charge in [0.05, 0.1) is 11.5 Å². The SMILES string of the molecule is O=CC1(CC(F)F)CCS(=O)(=O)C1. The second-order valence-corrected chi connectivity index (χ2v) is 5.60. The Morgan fingerprint density at radius 1 is 1.46 bits per heavy atom. The van der Waals surface area contributed by atoms with Crippen molar-refractivity contribution in [2.24, 2.45) is 5.41 Å². The van der Waals surface area contributed by atoms with Gasteiger partial charge in [-0.15, -0.1) is 0 Å². The van der Waals surface area contributed by atoms with Crippen LogP contribution < -0.4 is 0 Å². The molecule has 0 aromatic carbocycles. The van der Waals surface area contributed by atoms with Gasteiger partial charge in [0.25, 0.3) is 0 Å². The molecule has 76 valence electrons. The molecule has 6 heteroatoms. The zero-order valence-electron chi connectivity index (χ0n) is 6.87. The number of aldehydes is 1. The maximum absolute atomic E-state index is 12.0. The van der Waals surface area contributed by atoms with Crippen molar-refractivity contribution in [3.8, 4) is 0 Å². The standard InChI is InChI=1S/C7H10F2O3S/c8-6(9)3-7(4-10)1-2-13(11,12)5-7/h4,6H,1-3,5H2. The van der Waals surface area contributed by atoms with E-state index in [2.05, 4.69) is 0 Å². The molecule has 1 atom stereocenters. The monoisotopic (exact) mass is 212 g/mol. The Labute approximate surface area is 75.0 Å². The normalized spacial score (nSPS) is 32.2. The van der Waals surface area contributed by atoms with Crippen molar-refractivity contribution in [2.75, 3.05) is 11.5 Å². The summed E-state index contributed by atoms with van der Waals surface area (Å²) in [6.45, 7) is 0. The number of hydrogen-bond acceptors (Lipinski definition) is 3. The van der Waals surface area contributed by atoms with Crippen molar-refractivity contribution in [2.45, 2.75) is 19.3 Å². The Bertz CT molecular complexity index is 299. The van der Waals surface area contributed by atoms with E-state index in [0.717, 1.165) is 0 Å². The summed E-state index contributed by atoms with van der Waals surface area (Å²) in [6, 6.07) is 0. The first-order valence-electron chi connectivity index (χ1n) is 3.84. The van der Waals surface area contributed by atoms with Crippen molar-refractivity contribution < 1.29 is 22.0 Å². The van der Waals surface area contributed by atoms with Crippen LogP contribution in [-0.2, 0) is 14.6 Å². The number of rotatable bonds is 3. The van der Waals surface area contributed by atoms with Gasteiger partial charge in [0, 0.05) is 11.8 Å². The highest BCUT2D eigenvalue weighted by Gasteiger charge is 2.43. The lowest BCUT2D eigenvalue weighted by atomic mass is 9.86. The van der Waals surface area contributed by atoms with Gasteiger partial charge in [0.15, 0.2) is 9.84 Å². The van der Waals surface area contributed by atoms with E-state index in [1.807, 2.05) is 0 Å². The quantitative estimate of drug-likeness (QED) is 0.645. The van der Waals surface area contributed by atoms with Crippen molar-refractivity contribution in [1.82, 2.24) is 0 Å². The smallest absolute Gasteiger partial charge is 0.239 e. The fraction of sp³-hybridized carbons (Fsp3) is 0.857. The summed E-state index contributed by atoms with van der Waals surface area (Å²) in [5, 5.41) is 0. The lowest BCUT2D eigenvalue weighted by Gasteiger charge is -2.18. The van der Waals surface area contributed by atoms with Crippen LogP contribution in [0.25, 0.3) is 0 Å². The summed E-state index contributed by atoms with van der Waals surface area (Å²) in [5.74, 6) is -0.577. The minimum absolute atomic E-state index is 0.0309. The first-order valence-corrected chi connectivity index (χ1v) is 5.66. The van der Waals surface area contributed by atoms with Crippen molar-refractivity contribution in [3.05, 3.63) is 0 Å². The zero-order valence-corrected chi connectivity index (χ0v) is 7.69. The molecule has 1 aliphatic rings. The molecule has 1 aliphatic heterocycles. The number of alkyl halides is 2. The number of carbonyl (C=O) groups is 1. The lowest BCUT2D eigenvalue weighted by Crippen LogP contribution is -2.26. The molecule has 1 fully saturated rings. The molecule has 0 bridgehead atoms. The number of halogens is 2. The summed E-state index contributed by atoms with van der Waals surface area (Å²) in [6.07, 6.45) is -2.87. The summed E-state index contributed by atoms with van der Waals surface area (Å²) in [5.41, 5.74) is -1.33. The summed E-state index contributed by atoms with van der Waals surface area (Å²) >= 11 is 0. The molecule has 0 N–H and O–H groups in total. The van der Waals surface area contributed by atoms with Gasteiger partial charge in [-0.25, -0.2) is 17.2 Å². The van der Waals surface area contributed by atoms with Crippen LogP contribution in [0.3, 0.4) is 0 Å². The summed E-state index contributed by atoms with van der Waals surface area (Å²) in [7, 11) is -3.28. The molecular weight excluding hydrogens is 202 g/mol. The molecule has 0 amide bonds. The third-order valence-corrected chi connectivity index (χ3v) is 4.07. The van der Waals surface area contributed by atoms with Gasteiger partial charge in [-0.3, -0.25) is 0 Å². The summed E-state index contributed by atoms with van der Waals surface area (Å²) < 4.78 is 46.0. The molecular formula is C7H10F2O3S. The van der Waals surface area contributed by atoms with E-state index in [4.69, 9.17) is 0 Å². The molecule has 1 heterocycles. The largest absolute Gasteiger partial charge is 0.303 e. The molecule has 13 heavy (non-hydrogen) atoms. The van der Waals surface area contributed by atoms with Gasteiger partial charge in [-0.2, -0.15) is 0 Å². The molecule has 0 spiro atoms. The lowest BCUT2D eigenvalue weighted by molar-refractivity contribution is -0.117. The summed E-state index contributed by atoms with van der Waals surface area (Å²) in [4.78, 5) is 10.6. The van der Waals surface area contributed by atoms with Crippen molar-refractivity contribution >= 4 is 16.1 Å². The zero-order chi connectivity index (χ0) is 10.1. The molecule has 0 aromatic rings. The van der Waals surface area contributed by atoms with Crippen molar-refractivity contribution in [3.63, 3.8) is 0 Å². The van der Waals surface area contributed by atoms with E-state index in [0.29, 0.717) is 6.29 Å². The van der Waals surface area contributed by atoms with Crippen LogP contribution in [0, 0.1) is 5.41 Å². The van der Waals surface area contributed by atoms with Crippen LogP contribution in [-0.4, -0.2) is 32.6 Å². The predicted octanol–water partition coefficient (Wildman–Crippen LogP) is 0.645. The van der Waals surface area contributed by atoms with E-state index < -0.39 is 33.9 Å². The fourth-order valence-electron chi connectivity index (χ4n) is 1.55. The molecule has 1 rings (SSSR count). The van der Waals surface area contributed by atoms with Gasteiger partial charge < -0.3 is 4.79 Å². The highest BCUT2D eigenvalue weighted by Crippen LogP contribution is 2.35. The van der Waals surface area contributed by atoms with E-state index in [1.165, 1.54) is 0 Å². The molecule has 0 aromatic heterocycles. The van der Waals surface area contributed by atoms with Crippen LogP contribution in [0.5, 0.6) is 0 Å². The number of carbonyl (C=O) groups excluding carboxylic acids is 1. The van der Waals surface area contributed by atoms with Gasteiger partial charge in [0.1, 0.15) is 6.29 Å². The third kappa shape index (κ3) is 2.46. The van der Waals surface area contributed by atoms with Crippen molar-refractivity contribution in [1.29, 1.82) is 0 Å². The molecule has 3 nitrogen and oxygen atoms in total. The van der Waals surface area contributed by atoms with E-state index in [1.54, 1.807) is 0 Å². The van der Waals surface area contributed by atoms with Gasteiger partial charge >= 0.3 is 0 Å². The topological polar surface area (TPSA) is 51.2 Å². The molecule has 0 aliphatic carbocycles. The first kappa shape index (κ1) is 10.6. The second kappa shape index (κ2) is 3.32. The number of sulfone groups is 1. The molecule has 1 saturated heterocycles. The van der Waals surface area contributed by atoms with E-state index >= 15 is 0 Å². The Kier molecular flexibility index (Phi) is 2.70. The minimum atomic E-state index is -3.28. The molecule has 0 saturated carbocycles. The highest BCUT2D eigenvalue weighted by molar-refractivity contribution is 7.91. The molecule has 0 radical (unpaired) electrons. The average molecular weight is 212 g/mol. The third-order valence-electron chi connectivity index (χ3n) is 2.23. The van der Waals surface area contributed by atoms with Gasteiger partial charge in [-0.1, -0.05) is 0 Å². The fourth-order valence-corrected chi connectivity index (χ4v) is 3.62. The Balaban J connectivity index is 2.80. The maximum Gasteiger partial charge on any atom is 0.239 e. The van der Waals surface area contributed by atoms with Gasteiger partial charge in [0.2, 0.25) is 6.43 Å². The average Bonchev–Trinajstić information content (AvgIpc) is 2.26. The van der Waals surface area contributed by atoms with E-state index in [9.17, 15) is 22.0 Å². The van der Waals surface area contributed by atoms with Crippen LogP contribution >= 0.6 is 0 Å². The van der Waals surface area contributed by atoms with Crippen LogP contribution in [0.2, 0.25) is 0 Å². The number of hydrogen-bond donors (Lipinski definition) is 0. The van der Waals surface area contributed by atoms with Crippen LogP contribution in [0.1, 0.15) is 12.8 Å². The highest BCUT2D eigenvalue weighted by atomic mass is 32.2. The Morgan fingerprint density at radius 2 is 2.08 bits per heavy atom. The molecule has 1 unspecified atom stereocenters. The second-order valence-electron chi connectivity index (χ2n) is 3.42. The predicted molar refractivity (Wildman–Crippen MR) is 42.4 cm³/mol. The minimum Gasteiger partial charge on any atom is -0.303 e. The van der Waals surface area contributed by atoms with Crippen LogP contribution in [0.4, 0.5) is 8.78 Å². The van der Waals surface area contributed by atoms with E-state index in [-0.39, 0.29) is 12.2 Å². The first-order chi connectivity index (χ1) is 5.89. The Morgan fingerprint density at radius 3 is 2.38 bits per heavy atom. The maximum atomic E-state index is 12.0.